The number of allylic oxidation sites excluding steroid dienone is 1. The Balaban J connectivity index is 0.000000412. The maximum Gasteiger partial charge on any atom is 0.410 e. The Morgan fingerprint density at radius 3 is 2.31 bits per heavy atom. The van der Waals surface area contributed by atoms with Crippen LogP contribution in [0, 0.1) is 0 Å². The number of carbonyl (C=O) groups is 3. The number of aliphatic carboxylic acids is 1. The van der Waals surface area contributed by atoms with Crippen molar-refractivity contribution in [1.82, 2.24) is 10.2 Å². The predicted molar refractivity (Wildman–Crippen MR) is 94.2 cm³/mol. The van der Waals surface area contributed by atoms with Gasteiger partial charge in [-0.3, -0.25) is 10.1 Å². The second kappa shape index (κ2) is 9.57. The van der Waals surface area contributed by atoms with Gasteiger partial charge in [-0.05, 0) is 19.4 Å². The fraction of sp³-hybridized carbons (Fsp3) is 0.389. The van der Waals surface area contributed by atoms with E-state index in [9.17, 15) is 14.4 Å². The van der Waals surface area contributed by atoms with Gasteiger partial charge in [0, 0.05) is 20.2 Å². The van der Waals surface area contributed by atoms with Gasteiger partial charge in [-0.15, -0.1) is 0 Å². The molecule has 1 unspecified atom stereocenters. The lowest BCUT2D eigenvalue weighted by molar-refractivity contribution is -0.183. The van der Waals surface area contributed by atoms with Crippen molar-refractivity contribution in [2.45, 2.75) is 26.2 Å². The number of carbonyl (C=O) groups excluding carboxylic acids is 2. The Morgan fingerprint density at radius 2 is 1.92 bits per heavy atom. The summed E-state index contributed by atoms with van der Waals surface area (Å²) in [4.78, 5) is 34.5. The van der Waals surface area contributed by atoms with E-state index in [4.69, 9.17) is 14.6 Å². The number of methoxy groups -OCH3 is 1. The van der Waals surface area contributed by atoms with E-state index in [1.165, 1.54) is 18.1 Å². The number of ether oxygens (including phenoxy) is 2. The molecule has 1 heterocycles. The summed E-state index contributed by atoms with van der Waals surface area (Å²) in [6.07, 6.45) is 0.493. The third-order valence-corrected chi connectivity index (χ3v) is 3.43. The van der Waals surface area contributed by atoms with Crippen LogP contribution in [0.3, 0.4) is 0 Å². The van der Waals surface area contributed by atoms with Gasteiger partial charge >= 0.3 is 12.1 Å². The molecule has 1 fully saturated rings. The largest absolute Gasteiger partial charge is 0.478 e. The average molecular weight is 364 g/mol. The Kier molecular flexibility index (Phi) is 7.79. The maximum absolute atomic E-state index is 11.7. The number of rotatable bonds is 5. The molecular weight excluding hydrogens is 340 g/mol. The number of carboxylic acid groups (broad SMARTS) is 1. The van der Waals surface area contributed by atoms with Crippen LogP contribution in [0.5, 0.6) is 0 Å². The molecule has 0 bridgehead atoms. The van der Waals surface area contributed by atoms with Gasteiger partial charge in [0.15, 0.2) is 0 Å². The predicted octanol–water partition coefficient (Wildman–Crippen LogP) is 1.76. The zero-order chi connectivity index (χ0) is 19.7. The minimum absolute atomic E-state index is 0.149. The van der Waals surface area contributed by atoms with Crippen molar-refractivity contribution in [2.75, 3.05) is 20.7 Å². The van der Waals surface area contributed by atoms with E-state index in [-0.39, 0.29) is 12.5 Å². The van der Waals surface area contributed by atoms with Gasteiger partial charge in [0.2, 0.25) is 5.72 Å². The van der Waals surface area contributed by atoms with E-state index >= 15 is 0 Å². The molecule has 0 aromatic heterocycles. The number of amides is 2. The van der Waals surface area contributed by atoms with Crippen LogP contribution in [0.1, 0.15) is 19.4 Å². The summed E-state index contributed by atoms with van der Waals surface area (Å²) in [5.41, 5.74) is 0.413. The van der Waals surface area contributed by atoms with Crippen LogP contribution in [-0.4, -0.2) is 54.4 Å². The van der Waals surface area contributed by atoms with E-state index in [2.05, 4.69) is 5.32 Å². The molecule has 1 aliphatic heterocycles. The molecule has 0 saturated carbocycles. The highest BCUT2D eigenvalue weighted by atomic mass is 16.6. The molecule has 142 valence electrons. The van der Waals surface area contributed by atoms with Crippen molar-refractivity contribution in [3.05, 3.63) is 47.5 Å². The molecular formula is C18H24N2O6. The van der Waals surface area contributed by atoms with Gasteiger partial charge in [0.05, 0.1) is 6.54 Å². The SMILES string of the molecule is CC(C)=CC(=O)O.COC1(NC(=O)OCc2ccccc2)CN(C)C1=O. The molecule has 1 aromatic rings. The monoisotopic (exact) mass is 364 g/mol. The zero-order valence-electron chi connectivity index (χ0n) is 15.3. The number of β-lactam (4-membered cyclic amide) rings is 1. The van der Waals surface area contributed by atoms with Gasteiger partial charge < -0.3 is 19.5 Å². The molecule has 0 radical (unpaired) electrons. The Morgan fingerprint density at radius 1 is 1.31 bits per heavy atom. The first-order valence-electron chi connectivity index (χ1n) is 7.87. The fourth-order valence-electron chi connectivity index (χ4n) is 2.16. The van der Waals surface area contributed by atoms with Gasteiger partial charge in [-0.1, -0.05) is 35.9 Å². The summed E-state index contributed by atoms with van der Waals surface area (Å²) in [5, 5.41) is 10.5. The summed E-state index contributed by atoms with van der Waals surface area (Å²) in [7, 11) is 3.01. The first kappa shape index (κ1) is 21.2. The third kappa shape index (κ3) is 6.21. The number of carboxylic acids is 1. The lowest BCUT2D eigenvalue weighted by atomic mass is 10.0. The lowest BCUT2D eigenvalue weighted by Gasteiger charge is -2.45. The number of likely N-dealkylation sites (tertiary alicyclic amines) is 1. The molecule has 8 heteroatoms. The van der Waals surface area contributed by atoms with Gasteiger partial charge in [-0.2, -0.15) is 0 Å². The van der Waals surface area contributed by atoms with Crippen molar-refractivity contribution in [1.29, 1.82) is 0 Å². The lowest BCUT2D eigenvalue weighted by Crippen LogP contribution is -2.74. The minimum Gasteiger partial charge on any atom is -0.478 e. The summed E-state index contributed by atoms with van der Waals surface area (Å²) in [5.74, 6) is -1.16. The number of benzene rings is 1. The number of hydrogen-bond acceptors (Lipinski definition) is 5. The van der Waals surface area contributed by atoms with E-state index in [0.717, 1.165) is 11.1 Å². The van der Waals surface area contributed by atoms with Crippen LogP contribution >= 0.6 is 0 Å². The van der Waals surface area contributed by atoms with Crippen LogP contribution in [0.4, 0.5) is 4.79 Å². The van der Waals surface area contributed by atoms with Crippen molar-refractivity contribution >= 4 is 18.0 Å². The molecule has 2 amide bonds. The average Bonchev–Trinajstić information content (AvgIpc) is 2.59. The topological polar surface area (TPSA) is 105 Å². The van der Waals surface area contributed by atoms with Gasteiger partial charge in [0.1, 0.15) is 6.61 Å². The Bertz CT molecular complexity index is 670. The molecule has 1 atom stereocenters. The fourth-order valence-corrected chi connectivity index (χ4v) is 2.16. The molecule has 0 spiro atoms. The maximum atomic E-state index is 11.7. The molecule has 1 aliphatic rings. The smallest absolute Gasteiger partial charge is 0.410 e. The first-order valence-corrected chi connectivity index (χ1v) is 7.87. The third-order valence-electron chi connectivity index (χ3n) is 3.43. The second-order valence-electron chi connectivity index (χ2n) is 5.94. The van der Waals surface area contributed by atoms with Crippen molar-refractivity contribution < 1.29 is 29.0 Å². The number of nitrogens with zero attached hydrogens (tertiary/aromatic N) is 1. The summed E-state index contributed by atoms with van der Waals surface area (Å²) in [6, 6.07) is 9.30. The highest BCUT2D eigenvalue weighted by Crippen LogP contribution is 2.21. The van der Waals surface area contributed by atoms with Gasteiger partial charge in [-0.25, -0.2) is 9.59 Å². The van der Waals surface area contributed by atoms with E-state index in [1.807, 2.05) is 30.3 Å². The standard InChI is InChI=1S/C13H16N2O4.C5H8O2/c1-15-9-13(18-2,11(15)16)14-12(17)19-8-10-6-4-3-5-7-10;1-4(2)3-5(6)7/h3-7H,8-9H2,1-2H3,(H,14,17);3H,1-2H3,(H,6,7). The highest BCUT2D eigenvalue weighted by Gasteiger charge is 2.53. The Labute approximate surface area is 152 Å². The van der Waals surface area contributed by atoms with Crippen LogP contribution in [0.15, 0.2) is 42.0 Å². The molecule has 0 aliphatic carbocycles. The van der Waals surface area contributed by atoms with Crippen molar-refractivity contribution in [3.63, 3.8) is 0 Å². The number of likely N-dealkylation sites (N-methyl/N-ethyl adjacent to an activating group) is 1. The highest BCUT2D eigenvalue weighted by molar-refractivity contribution is 5.93. The van der Waals surface area contributed by atoms with Crippen LogP contribution in [-0.2, 0) is 25.7 Å². The van der Waals surface area contributed by atoms with Crippen LogP contribution in [0.2, 0.25) is 0 Å². The van der Waals surface area contributed by atoms with Gasteiger partial charge in [0.25, 0.3) is 5.91 Å². The minimum atomic E-state index is -1.28. The molecule has 1 saturated heterocycles. The quantitative estimate of drug-likeness (QED) is 0.469. The Hall–Kier alpha value is -2.87. The first-order chi connectivity index (χ1) is 12.2. The van der Waals surface area contributed by atoms with Crippen molar-refractivity contribution in [3.8, 4) is 0 Å². The summed E-state index contributed by atoms with van der Waals surface area (Å²) >= 11 is 0. The summed E-state index contributed by atoms with van der Waals surface area (Å²) < 4.78 is 10.1. The molecule has 2 N–H and O–H groups in total. The molecule has 1 aromatic carbocycles. The number of alkyl carbamates (subject to hydrolysis) is 1. The normalized spacial score (nSPS) is 18.0. The number of nitrogens with one attached hydrogen (secondary N) is 1. The molecule has 8 nitrogen and oxygen atoms in total. The van der Waals surface area contributed by atoms with Crippen molar-refractivity contribution in [2.24, 2.45) is 0 Å². The van der Waals surface area contributed by atoms with Crippen LogP contribution in [0.25, 0.3) is 0 Å². The summed E-state index contributed by atoms with van der Waals surface area (Å²) in [6.45, 7) is 3.95. The zero-order valence-corrected chi connectivity index (χ0v) is 15.3. The van der Waals surface area contributed by atoms with Crippen LogP contribution < -0.4 is 5.32 Å². The van der Waals surface area contributed by atoms with E-state index < -0.39 is 17.8 Å². The van der Waals surface area contributed by atoms with E-state index in [0.29, 0.717) is 6.54 Å². The molecule has 26 heavy (non-hydrogen) atoms. The second-order valence-corrected chi connectivity index (χ2v) is 5.94. The number of hydrogen-bond donors (Lipinski definition) is 2. The van der Waals surface area contributed by atoms with E-state index in [1.54, 1.807) is 20.9 Å². The molecule has 2 rings (SSSR count).